The summed E-state index contributed by atoms with van der Waals surface area (Å²) >= 11 is 1.25. The number of ether oxygens (including phenoxy) is 1. The molecule has 8 heteroatoms. The minimum absolute atomic E-state index is 0.0397. The number of benzene rings is 1. The topological polar surface area (TPSA) is 107 Å². The van der Waals surface area contributed by atoms with E-state index in [0.717, 1.165) is 44.0 Å². The lowest BCUT2D eigenvalue weighted by molar-refractivity contribution is -0.200. The summed E-state index contributed by atoms with van der Waals surface area (Å²) in [6.45, 7) is 4.32. The van der Waals surface area contributed by atoms with Crippen LogP contribution in [0.4, 0.5) is 0 Å². The first-order chi connectivity index (χ1) is 19.1. The number of carbonyl (C=O) groups is 3. The first-order valence-corrected chi connectivity index (χ1v) is 15.8. The average Bonchev–Trinajstić information content (AvgIpc) is 3.63. The summed E-state index contributed by atoms with van der Waals surface area (Å²) in [6.07, 6.45) is 7.50. The molecule has 0 spiro atoms. The van der Waals surface area contributed by atoms with Gasteiger partial charge in [-0.1, -0.05) is 43.3 Å². The quantitative estimate of drug-likeness (QED) is 0.353. The summed E-state index contributed by atoms with van der Waals surface area (Å²) in [5, 5.41) is 12.3. The Balaban J connectivity index is 1.20. The van der Waals surface area contributed by atoms with Gasteiger partial charge >= 0.3 is 5.97 Å². The van der Waals surface area contributed by atoms with E-state index < -0.39 is 17.1 Å². The van der Waals surface area contributed by atoms with E-state index in [1.165, 1.54) is 17.3 Å². The molecule has 0 amide bonds. The Morgan fingerprint density at radius 3 is 2.70 bits per heavy atom. The van der Waals surface area contributed by atoms with Gasteiger partial charge in [-0.3, -0.25) is 14.4 Å². The zero-order valence-corrected chi connectivity index (χ0v) is 24.0. The van der Waals surface area contributed by atoms with E-state index in [-0.39, 0.29) is 52.4 Å². The number of ketones is 2. The van der Waals surface area contributed by atoms with Gasteiger partial charge in [0, 0.05) is 11.8 Å². The molecule has 212 valence electrons. The Bertz CT molecular complexity index is 1390. The molecule has 7 atom stereocenters. The zero-order valence-electron chi connectivity index (χ0n) is 23.2. The lowest BCUT2D eigenvalue weighted by Crippen LogP contribution is -2.63. The number of hydrogen-bond donors (Lipinski definition) is 1. The molecule has 0 saturated heterocycles. The second-order valence-corrected chi connectivity index (χ2v) is 14.2. The molecule has 1 N–H and O–H groups in total. The van der Waals surface area contributed by atoms with Crippen molar-refractivity contribution in [2.75, 3.05) is 5.75 Å². The number of rotatable bonds is 6. The molecule has 2 aromatic rings. The molecule has 4 fully saturated rings. The van der Waals surface area contributed by atoms with Crippen molar-refractivity contribution in [3.63, 3.8) is 0 Å². The Morgan fingerprint density at radius 2 is 1.93 bits per heavy atom. The van der Waals surface area contributed by atoms with Gasteiger partial charge in [0.05, 0.1) is 17.8 Å². The fraction of sp³-hybridized carbons (Fsp3) is 0.625. The van der Waals surface area contributed by atoms with Gasteiger partial charge < -0.3 is 14.3 Å². The van der Waals surface area contributed by atoms with Crippen molar-refractivity contribution in [1.29, 1.82) is 0 Å². The number of allylic oxidation sites excluding steroid dienone is 1. The summed E-state index contributed by atoms with van der Waals surface area (Å²) < 4.78 is 12.2. The second kappa shape index (κ2) is 9.28. The maximum absolute atomic E-state index is 14.3. The third-order valence-corrected chi connectivity index (χ3v) is 12.1. The smallest absolute Gasteiger partial charge is 0.309 e. The molecule has 0 aliphatic heterocycles. The van der Waals surface area contributed by atoms with Gasteiger partial charge in [0.25, 0.3) is 5.22 Å². The third-order valence-electron chi connectivity index (χ3n) is 11.3. The highest BCUT2D eigenvalue weighted by atomic mass is 32.2. The van der Waals surface area contributed by atoms with E-state index in [1.807, 2.05) is 30.3 Å². The molecule has 0 radical (unpaired) electrons. The number of nitrogens with zero attached hydrogens (tertiary/aromatic N) is 1. The number of carbonyl (C=O) groups excluding carboxylic acids is 3. The number of oxazole rings is 1. The average molecular weight is 564 g/mol. The van der Waals surface area contributed by atoms with E-state index in [1.54, 1.807) is 0 Å². The summed E-state index contributed by atoms with van der Waals surface area (Å²) in [4.78, 5) is 44.2. The number of fused-ring (bicyclic) bond motifs is 6. The van der Waals surface area contributed by atoms with Crippen LogP contribution in [0.25, 0.3) is 11.1 Å². The monoisotopic (exact) mass is 563 g/mol. The van der Waals surface area contributed by atoms with Crippen LogP contribution in [-0.2, 0) is 19.1 Å². The maximum atomic E-state index is 14.3. The number of para-hydroxylation sites is 2. The number of aliphatic hydroxyl groups excluding tert-OH is 1. The van der Waals surface area contributed by atoms with Crippen LogP contribution in [0.2, 0.25) is 0 Å². The van der Waals surface area contributed by atoms with Gasteiger partial charge in [0.1, 0.15) is 5.52 Å². The number of esters is 1. The van der Waals surface area contributed by atoms with E-state index in [9.17, 15) is 19.5 Å². The molecular weight excluding hydrogens is 526 g/mol. The maximum Gasteiger partial charge on any atom is 0.309 e. The van der Waals surface area contributed by atoms with E-state index in [4.69, 9.17) is 9.15 Å². The summed E-state index contributed by atoms with van der Waals surface area (Å²) in [6, 6.07) is 7.51. The molecule has 7 nitrogen and oxygen atoms in total. The van der Waals surface area contributed by atoms with Crippen molar-refractivity contribution in [1.82, 2.24) is 4.98 Å². The highest BCUT2D eigenvalue weighted by molar-refractivity contribution is 7.99. The molecule has 5 aliphatic carbocycles. The van der Waals surface area contributed by atoms with Crippen molar-refractivity contribution in [2.24, 2.45) is 34.5 Å². The minimum Gasteiger partial charge on any atom is -0.450 e. The standard InChI is InChI=1S/C32H37NO6S/c1-30-13-11-20(34)15-19(30)9-10-21-22-12-14-32(39-28(37)18-7-8-18,31(22,2)16-24(35)27(21)30)26(36)17-40-29-33-23-5-3-4-6-25(23)38-29/h3-6,15,18,21-22,24,27,35H,7-14,16-17H2,1-2H3/t21?,22?,24-,27?,30?,31?,32-/m0/s1. The molecule has 0 bridgehead atoms. The first kappa shape index (κ1) is 26.4. The molecule has 40 heavy (non-hydrogen) atoms. The van der Waals surface area contributed by atoms with E-state index in [0.29, 0.717) is 30.1 Å². The normalized spacial score (nSPS) is 38.8. The van der Waals surface area contributed by atoms with Crippen molar-refractivity contribution in [2.45, 2.75) is 88.6 Å². The molecule has 4 saturated carbocycles. The Hall–Kier alpha value is -2.45. The van der Waals surface area contributed by atoms with E-state index in [2.05, 4.69) is 18.8 Å². The summed E-state index contributed by atoms with van der Waals surface area (Å²) in [5.41, 5.74) is 0.444. The van der Waals surface area contributed by atoms with Crippen LogP contribution in [0.5, 0.6) is 0 Å². The fourth-order valence-corrected chi connectivity index (χ4v) is 9.89. The van der Waals surface area contributed by atoms with Gasteiger partial charge in [-0.15, -0.1) is 0 Å². The van der Waals surface area contributed by atoms with Crippen LogP contribution in [0.3, 0.4) is 0 Å². The van der Waals surface area contributed by atoms with Gasteiger partial charge in [-0.25, -0.2) is 4.98 Å². The summed E-state index contributed by atoms with van der Waals surface area (Å²) in [5.74, 6) is 0.169. The fourth-order valence-electron chi connectivity index (χ4n) is 9.09. The number of aromatic nitrogens is 1. The van der Waals surface area contributed by atoms with Crippen molar-refractivity contribution >= 4 is 40.4 Å². The largest absolute Gasteiger partial charge is 0.450 e. The molecule has 7 rings (SSSR count). The molecule has 1 aromatic heterocycles. The zero-order chi connectivity index (χ0) is 27.9. The van der Waals surface area contributed by atoms with Gasteiger partial charge in [0.2, 0.25) is 0 Å². The van der Waals surface area contributed by atoms with Gasteiger partial charge in [-0.2, -0.15) is 0 Å². The summed E-state index contributed by atoms with van der Waals surface area (Å²) in [7, 11) is 0. The molecular formula is C32H37NO6S. The Labute approximate surface area is 238 Å². The van der Waals surface area contributed by atoms with Crippen LogP contribution in [0, 0.1) is 34.5 Å². The Kier molecular flexibility index (Phi) is 6.14. The second-order valence-electron chi connectivity index (χ2n) is 13.3. The van der Waals surface area contributed by atoms with Crippen LogP contribution >= 0.6 is 11.8 Å². The Morgan fingerprint density at radius 1 is 1.12 bits per heavy atom. The van der Waals surface area contributed by atoms with Crippen LogP contribution < -0.4 is 0 Å². The predicted octanol–water partition coefficient (Wildman–Crippen LogP) is 5.68. The lowest BCUT2D eigenvalue weighted by atomic mass is 9.45. The molecule has 5 unspecified atom stereocenters. The SMILES string of the molecule is CC12CCC(=O)C=C1CCC1C2[C@@H](O)CC2(C)C1CC[C@]2(OC(=O)C1CC1)C(=O)CSc1nc2ccccc2o1. The number of aliphatic hydroxyl groups is 1. The van der Waals surface area contributed by atoms with Gasteiger partial charge in [-0.05, 0) is 92.7 Å². The first-order valence-electron chi connectivity index (χ1n) is 14.8. The molecule has 5 aliphatic rings. The number of Topliss-reactive ketones (excluding diaryl/α,β-unsaturated/α-hetero) is 1. The number of hydrogen-bond acceptors (Lipinski definition) is 8. The highest BCUT2D eigenvalue weighted by Gasteiger charge is 2.70. The number of thioether (sulfide) groups is 1. The molecule has 1 heterocycles. The van der Waals surface area contributed by atoms with Crippen molar-refractivity contribution in [3.8, 4) is 0 Å². The van der Waals surface area contributed by atoms with Crippen LogP contribution in [0.1, 0.15) is 71.6 Å². The van der Waals surface area contributed by atoms with Gasteiger partial charge in [0.15, 0.2) is 22.8 Å². The highest BCUT2D eigenvalue weighted by Crippen LogP contribution is 2.68. The van der Waals surface area contributed by atoms with E-state index >= 15 is 0 Å². The minimum atomic E-state index is -1.28. The van der Waals surface area contributed by atoms with Crippen LogP contribution in [-0.4, -0.2) is 45.1 Å². The lowest BCUT2D eigenvalue weighted by Gasteiger charge is -2.60. The third kappa shape index (κ3) is 3.88. The van der Waals surface area contributed by atoms with Crippen molar-refractivity contribution < 1.29 is 28.6 Å². The van der Waals surface area contributed by atoms with Crippen molar-refractivity contribution in [3.05, 3.63) is 35.9 Å². The predicted molar refractivity (Wildman–Crippen MR) is 149 cm³/mol. The van der Waals surface area contributed by atoms with Crippen LogP contribution in [0.15, 0.2) is 45.6 Å². The molecule has 1 aromatic carbocycles.